The van der Waals surface area contributed by atoms with Crippen LogP contribution in [-0.4, -0.2) is 30.8 Å². The van der Waals surface area contributed by atoms with Gasteiger partial charge in [-0.15, -0.1) is 0 Å². The second kappa shape index (κ2) is 6.23. The third-order valence-corrected chi connectivity index (χ3v) is 4.52. The topological polar surface area (TPSA) is 30.5 Å². The zero-order chi connectivity index (χ0) is 13.0. The molecule has 1 aliphatic heterocycles. The lowest BCUT2D eigenvalue weighted by molar-refractivity contribution is 0.311. The molecular formula is C14H21NO2S. The van der Waals surface area contributed by atoms with Crippen molar-refractivity contribution in [1.82, 2.24) is 0 Å². The molecule has 1 fully saturated rings. The van der Waals surface area contributed by atoms with Crippen molar-refractivity contribution in [3.8, 4) is 11.5 Å². The molecule has 0 spiro atoms. The minimum absolute atomic E-state index is 0.554. The molecule has 2 atom stereocenters. The summed E-state index contributed by atoms with van der Waals surface area (Å²) in [5.41, 5.74) is 1.11. The van der Waals surface area contributed by atoms with Crippen LogP contribution in [0.3, 0.4) is 0 Å². The molecule has 0 radical (unpaired) electrons. The minimum Gasteiger partial charge on any atom is -0.493 e. The third-order valence-electron chi connectivity index (χ3n) is 3.19. The predicted octanol–water partition coefficient (Wildman–Crippen LogP) is 3.40. The summed E-state index contributed by atoms with van der Waals surface area (Å²) in [6.45, 7) is 4.91. The second-order valence-corrected chi connectivity index (χ2v) is 5.90. The second-order valence-electron chi connectivity index (χ2n) is 4.41. The zero-order valence-electron chi connectivity index (χ0n) is 11.2. The molecule has 1 saturated heterocycles. The number of hydrogen-bond acceptors (Lipinski definition) is 4. The number of methoxy groups -OCH3 is 1. The van der Waals surface area contributed by atoms with Crippen LogP contribution in [0, 0.1) is 0 Å². The van der Waals surface area contributed by atoms with Gasteiger partial charge in [0.1, 0.15) is 0 Å². The summed E-state index contributed by atoms with van der Waals surface area (Å²) in [6, 6.07) is 6.59. The summed E-state index contributed by atoms with van der Waals surface area (Å²) in [5.74, 6) is 2.84. The van der Waals surface area contributed by atoms with Crippen LogP contribution in [0.4, 0.5) is 5.69 Å². The highest BCUT2D eigenvalue weighted by Crippen LogP contribution is 2.33. The molecule has 2 rings (SSSR count). The molecule has 0 saturated carbocycles. The van der Waals surface area contributed by atoms with Gasteiger partial charge >= 0.3 is 0 Å². The van der Waals surface area contributed by atoms with E-state index < -0.39 is 0 Å². The van der Waals surface area contributed by atoms with Crippen LogP contribution in [0.2, 0.25) is 0 Å². The number of rotatable bonds is 5. The molecule has 1 heterocycles. The fourth-order valence-corrected chi connectivity index (χ4v) is 3.37. The normalized spacial score (nSPS) is 22.8. The molecule has 1 N–H and O–H groups in total. The number of thioether (sulfide) groups is 1. The molecule has 100 valence electrons. The summed E-state index contributed by atoms with van der Waals surface area (Å²) in [5, 5.41) is 4.25. The number of hydrogen-bond donors (Lipinski definition) is 1. The van der Waals surface area contributed by atoms with Crippen LogP contribution < -0.4 is 14.8 Å². The van der Waals surface area contributed by atoms with Crippen molar-refractivity contribution in [3.63, 3.8) is 0 Å². The largest absolute Gasteiger partial charge is 0.493 e. The number of anilines is 1. The molecule has 18 heavy (non-hydrogen) atoms. The smallest absolute Gasteiger partial charge is 0.163 e. The van der Waals surface area contributed by atoms with Crippen molar-refractivity contribution in [2.24, 2.45) is 0 Å². The maximum Gasteiger partial charge on any atom is 0.163 e. The van der Waals surface area contributed by atoms with Gasteiger partial charge in [0.2, 0.25) is 0 Å². The van der Waals surface area contributed by atoms with Crippen molar-refractivity contribution in [2.45, 2.75) is 31.6 Å². The van der Waals surface area contributed by atoms with E-state index in [1.165, 1.54) is 12.2 Å². The molecule has 1 aliphatic rings. The highest BCUT2D eigenvalue weighted by Gasteiger charge is 2.23. The fourth-order valence-electron chi connectivity index (χ4n) is 2.17. The first-order valence-corrected chi connectivity index (χ1v) is 7.48. The SMILES string of the molecule is CCOc1cc(NC2CCSC2C)ccc1OC. The first kappa shape index (κ1) is 13.4. The Morgan fingerprint density at radius 2 is 2.22 bits per heavy atom. The maximum absolute atomic E-state index is 5.59. The number of nitrogens with one attached hydrogen (secondary N) is 1. The van der Waals surface area contributed by atoms with Crippen molar-refractivity contribution in [1.29, 1.82) is 0 Å². The van der Waals surface area contributed by atoms with E-state index in [-0.39, 0.29) is 0 Å². The van der Waals surface area contributed by atoms with Crippen LogP contribution in [0.1, 0.15) is 20.3 Å². The van der Waals surface area contributed by atoms with Gasteiger partial charge in [0.15, 0.2) is 11.5 Å². The fraction of sp³-hybridized carbons (Fsp3) is 0.571. The first-order valence-electron chi connectivity index (χ1n) is 6.43. The molecule has 1 aromatic rings. The van der Waals surface area contributed by atoms with Gasteiger partial charge in [0, 0.05) is 23.0 Å². The van der Waals surface area contributed by atoms with Gasteiger partial charge < -0.3 is 14.8 Å². The van der Waals surface area contributed by atoms with Crippen LogP contribution in [0.5, 0.6) is 11.5 Å². The Hall–Kier alpha value is -1.03. The van der Waals surface area contributed by atoms with Crippen molar-refractivity contribution in [3.05, 3.63) is 18.2 Å². The van der Waals surface area contributed by atoms with Gasteiger partial charge in [-0.2, -0.15) is 11.8 Å². The number of benzene rings is 1. The van der Waals surface area contributed by atoms with E-state index in [9.17, 15) is 0 Å². The average Bonchev–Trinajstić information content (AvgIpc) is 2.76. The van der Waals surface area contributed by atoms with Crippen molar-refractivity contribution < 1.29 is 9.47 Å². The lowest BCUT2D eigenvalue weighted by atomic mass is 10.1. The Kier molecular flexibility index (Phi) is 4.64. The van der Waals surface area contributed by atoms with Crippen molar-refractivity contribution in [2.75, 3.05) is 24.8 Å². The van der Waals surface area contributed by atoms with Gasteiger partial charge in [0.25, 0.3) is 0 Å². The Morgan fingerprint density at radius 1 is 1.39 bits per heavy atom. The Labute approximate surface area is 113 Å². The van der Waals surface area contributed by atoms with Gasteiger partial charge in [-0.1, -0.05) is 6.92 Å². The molecule has 4 heteroatoms. The van der Waals surface area contributed by atoms with Gasteiger partial charge in [-0.05, 0) is 31.2 Å². The molecule has 0 bridgehead atoms. The van der Waals surface area contributed by atoms with E-state index in [4.69, 9.17) is 9.47 Å². The highest BCUT2D eigenvalue weighted by molar-refractivity contribution is 8.00. The summed E-state index contributed by atoms with van der Waals surface area (Å²) in [4.78, 5) is 0. The highest BCUT2D eigenvalue weighted by atomic mass is 32.2. The average molecular weight is 267 g/mol. The quantitative estimate of drug-likeness (QED) is 0.885. The monoisotopic (exact) mass is 267 g/mol. The molecule has 3 nitrogen and oxygen atoms in total. The first-order chi connectivity index (χ1) is 8.74. The van der Waals surface area contributed by atoms with Crippen LogP contribution in [0.15, 0.2) is 18.2 Å². The van der Waals surface area contributed by atoms with E-state index in [0.717, 1.165) is 17.2 Å². The lowest BCUT2D eigenvalue weighted by Crippen LogP contribution is -2.24. The maximum atomic E-state index is 5.59. The summed E-state index contributed by atoms with van der Waals surface area (Å²) in [6.07, 6.45) is 1.22. The van der Waals surface area contributed by atoms with E-state index in [1.807, 2.05) is 30.8 Å². The van der Waals surface area contributed by atoms with Crippen LogP contribution in [0.25, 0.3) is 0 Å². The van der Waals surface area contributed by atoms with E-state index in [1.54, 1.807) is 7.11 Å². The zero-order valence-corrected chi connectivity index (χ0v) is 12.0. The lowest BCUT2D eigenvalue weighted by Gasteiger charge is -2.19. The molecule has 0 amide bonds. The minimum atomic E-state index is 0.554. The molecular weight excluding hydrogens is 246 g/mol. The third kappa shape index (κ3) is 3.05. The van der Waals surface area contributed by atoms with Crippen LogP contribution in [-0.2, 0) is 0 Å². The van der Waals surface area contributed by atoms with Gasteiger partial charge in [-0.25, -0.2) is 0 Å². The summed E-state index contributed by atoms with van der Waals surface area (Å²) >= 11 is 2.03. The van der Waals surface area contributed by atoms with E-state index >= 15 is 0 Å². The molecule has 0 aromatic heterocycles. The van der Waals surface area contributed by atoms with E-state index in [0.29, 0.717) is 17.9 Å². The number of ether oxygens (including phenoxy) is 2. The van der Waals surface area contributed by atoms with Gasteiger partial charge in [-0.3, -0.25) is 0 Å². The predicted molar refractivity (Wildman–Crippen MR) is 78.1 cm³/mol. The Balaban J connectivity index is 2.10. The Bertz CT molecular complexity index is 397. The standard InChI is InChI=1S/C14H21NO2S/c1-4-17-14-9-11(5-6-13(14)16-3)15-12-7-8-18-10(12)2/h5-6,9-10,12,15H,4,7-8H2,1-3H3. The van der Waals surface area contributed by atoms with Gasteiger partial charge in [0.05, 0.1) is 13.7 Å². The summed E-state index contributed by atoms with van der Waals surface area (Å²) < 4.78 is 10.9. The van der Waals surface area contributed by atoms with Crippen LogP contribution >= 0.6 is 11.8 Å². The van der Waals surface area contributed by atoms with Crippen molar-refractivity contribution >= 4 is 17.4 Å². The van der Waals surface area contributed by atoms with E-state index in [2.05, 4.69) is 18.3 Å². The Morgan fingerprint density at radius 3 is 2.83 bits per heavy atom. The summed E-state index contributed by atoms with van der Waals surface area (Å²) in [7, 11) is 1.67. The molecule has 0 aliphatic carbocycles. The molecule has 1 aromatic carbocycles. The molecule has 2 unspecified atom stereocenters.